The van der Waals surface area contributed by atoms with Gasteiger partial charge in [-0.15, -0.1) is 0 Å². The maximum Gasteiger partial charge on any atom is 0.327 e. The fourth-order valence-corrected chi connectivity index (χ4v) is 3.54. The predicted molar refractivity (Wildman–Crippen MR) is 65.6 cm³/mol. The SMILES string of the molecule is CCOC(=O)Cn1nc(C2CC2)c2c1C1CC2C1. The number of carbonyl (C=O) groups excluding carboxylic acids is 1. The molecule has 5 rings (SSSR count). The van der Waals surface area contributed by atoms with Crippen molar-refractivity contribution >= 4 is 5.97 Å². The monoisotopic (exact) mass is 246 g/mol. The summed E-state index contributed by atoms with van der Waals surface area (Å²) in [6.07, 6.45) is 5.13. The van der Waals surface area contributed by atoms with E-state index in [1.165, 1.54) is 42.6 Å². The molecule has 0 unspecified atom stereocenters. The lowest BCUT2D eigenvalue weighted by atomic mass is 9.81. The van der Waals surface area contributed by atoms with Crippen LogP contribution in [0, 0.1) is 0 Å². The van der Waals surface area contributed by atoms with Crippen molar-refractivity contribution in [2.24, 2.45) is 0 Å². The zero-order valence-electron chi connectivity index (χ0n) is 10.7. The van der Waals surface area contributed by atoms with Gasteiger partial charge in [-0.25, -0.2) is 0 Å². The van der Waals surface area contributed by atoms with E-state index in [0.29, 0.717) is 25.0 Å². The Labute approximate surface area is 106 Å². The molecule has 4 aliphatic carbocycles. The molecule has 1 heterocycles. The van der Waals surface area contributed by atoms with Crippen molar-refractivity contribution in [2.75, 3.05) is 6.61 Å². The van der Waals surface area contributed by atoms with Gasteiger partial charge < -0.3 is 4.74 Å². The lowest BCUT2D eigenvalue weighted by Gasteiger charge is -2.24. The first-order chi connectivity index (χ1) is 8.78. The van der Waals surface area contributed by atoms with E-state index in [2.05, 4.69) is 0 Å². The predicted octanol–water partition coefficient (Wildman–Crippen LogP) is 2.30. The molecule has 2 bridgehead atoms. The highest BCUT2D eigenvalue weighted by atomic mass is 16.5. The van der Waals surface area contributed by atoms with Gasteiger partial charge in [0.05, 0.1) is 12.3 Å². The molecule has 0 spiro atoms. The molecule has 4 nitrogen and oxygen atoms in total. The Hall–Kier alpha value is -1.32. The Morgan fingerprint density at radius 3 is 2.78 bits per heavy atom. The van der Waals surface area contributed by atoms with Crippen LogP contribution in [0.2, 0.25) is 0 Å². The van der Waals surface area contributed by atoms with Crippen LogP contribution in [0.3, 0.4) is 0 Å². The lowest BCUT2D eigenvalue weighted by molar-refractivity contribution is -0.144. The minimum Gasteiger partial charge on any atom is -0.465 e. The highest BCUT2D eigenvalue weighted by Crippen LogP contribution is 2.60. The van der Waals surface area contributed by atoms with E-state index in [-0.39, 0.29) is 5.97 Å². The van der Waals surface area contributed by atoms with E-state index in [4.69, 9.17) is 9.84 Å². The second-order valence-electron chi connectivity index (χ2n) is 5.79. The minimum atomic E-state index is -0.158. The van der Waals surface area contributed by atoms with E-state index in [0.717, 1.165) is 5.92 Å². The molecule has 0 aromatic carbocycles. The van der Waals surface area contributed by atoms with E-state index < -0.39 is 0 Å². The van der Waals surface area contributed by atoms with E-state index in [1.54, 1.807) is 0 Å². The number of aromatic nitrogens is 2. The summed E-state index contributed by atoms with van der Waals surface area (Å²) in [6.45, 7) is 2.59. The van der Waals surface area contributed by atoms with E-state index in [9.17, 15) is 4.79 Å². The number of rotatable bonds is 4. The number of ether oxygens (including phenoxy) is 1. The molecule has 96 valence electrons. The van der Waals surface area contributed by atoms with Crippen molar-refractivity contribution in [1.82, 2.24) is 9.78 Å². The summed E-state index contributed by atoms with van der Waals surface area (Å²) in [5, 5.41) is 4.71. The Morgan fingerprint density at radius 1 is 1.33 bits per heavy atom. The normalized spacial score (nSPS) is 27.8. The zero-order chi connectivity index (χ0) is 12.3. The van der Waals surface area contributed by atoms with Crippen LogP contribution in [0.4, 0.5) is 0 Å². The molecular weight excluding hydrogens is 228 g/mol. The maximum absolute atomic E-state index is 11.6. The topological polar surface area (TPSA) is 44.1 Å². The van der Waals surface area contributed by atoms with Crippen LogP contribution in [0.15, 0.2) is 0 Å². The molecule has 0 saturated heterocycles. The molecule has 4 aliphatic rings. The van der Waals surface area contributed by atoms with Crippen LogP contribution in [0.5, 0.6) is 0 Å². The van der Waals surface area contributed by atoms with Gasteiger partial charge in [-0.3, -0.25) is 9.48 Å². The van der Waals surface area contributed by atoms with Crippen LogP contribution in [0.25, 0.3) is 0 Å². The van der Waals surface area contributed by atoms with Gasteiger partial charge in [0.1, 0.15) is 6.54 Å². The van der Waals surface area contributed by atoms with Crippen LogP contribution in [0.1, 0.15) is 67.3 Å². The number of carbonyl (C=O) groups is 1. The minimum absolute atomic E-state index is 0.158. The third-order valence-corrected chi connectivity index (χ3v) is 4.54. The maximum atomic E-state index is 11.6. The molecule has 0 N–H and O–H groups in total. The summed E-state index contributed by atoms with van der Waals surface area (Å²) >= 11 is 0. The van der Waals surface area contributed by atoms with Crippen molar-refractivity contribution in [2.45, 2.75) is 56.9 Å². The summed E-state index contributed by atoms with van der Waals surface area (Å²) in [5.41, 5.74) is 4.17. The molecule has 1 aromatic rings. The van der Waals surface area contributed by atoms with Gasteiger partial charge in [0.25, 0.3) is 0 Å². The third kappa shape index (κ3) is 1.38. The number of hydrogen-bond acceptors (Lipinski definition) is 3. The first-order valence-electron chi connectivity index (χ1n) is 7.04. The van der Waals surface area contributed by atoms with Crippen molar-refractivity contribution < 1.29 is 9.53 Å². The summed E-state index contributed by atoms with van der Waals surface area (Å²) in [6, 6.07) is 0. The first-order valence-corrected chi connectivity index (χ1v) is 7.04. The van der Waals surface area contributed by atoms with Crippen molar-refractivity contribution in [3.8, 4) is 0 Å². The van der Waals surface area contributed by atoms with Crippen LogP contribution in [-0.2, 0) is 16.1 Å². The lowest BCUT2D eigenvalue weighted by Crippen LogP contribution is -2.19. The first kappa shape index (κ1) is 10.6. The molecule has 1 aromatic heterocycles. The average molecular weight is 246 g/mol. The van der Waals surface area contributed by atoms with Crippen LogP contribution < -0.4 is 0 Å². The molecule has 0 aliphatic heterocycles. The van der Waals surface area contributed by atoms with Crippen LogP contribution >= 0.6 is 0 Å². The molecule has 0 atom stereocenters. The standard InChI is InChI=1S/C14H18N2O2/c1-2-18-11(17)7-16-14-10-5-9(6-10)12(14)13(15-16)8-3-4-8/h8-10H,2-7H2,1H3. The van der Waals surface area contributed by atoms with Crippen molar-refractivity contribution in [1.29, 1.82) is 0 Å². The Kier molecular flexibility index (Phi) is 2.11. The molecule has 0 amide bonds. The largest absolute Gasteiger partial charge is 0.465 e. The molecule has 4 heteroatoms. The van der Waals surface area contributed by atoms with Gasteiger partial charge in [-0.1, -0.05) is 0 Å². The van der Waals surface area contributed by atoms with E-state index >= 15 is 0 Å². The zero-order valence-corrected chi connectivity index (χ0v) is 10.7. The van der Waals surface area contributed by atoms with Gasteiger partial charge in [0.15, 0.2) is 0 Å². The highest BCUT2D eigenvalue weighted by Gasteiger charge is 2.49. The summed E-state index contributed by atoms with van der Waals surface area (Å²) in [5.74, 6) is 1.94. The van der Waals surface area contributed by atoms with Gasteiger partial charge in [-0.2, -0.15) is 5.10 Å². The van der Waals surface area contributed by atoms with Crippen molar-refractivity contribution in [3.63, 3.8) is 0 Å². The van der Waals surface area contributed by atoms with Gasteiger partial charge in [0.2, 0.25) is 0 Å². The second-order valence-corrected chi connectivity index (χ2v) is 5.79. The van der Waals surface area contributed by atoms with Gasteiger partial charge >= 0.3 is 5.97 Å². The quantitative estimate of drug-likeness (QED) is 0.766. The second kappa shape index (κ2) is 3.59. The molecular formula is C14H18N2O2. The number of esters is 1. The summed E-state index contributed by atoms with van der Waals surface area (Å²) in [7, 11) is 0. The Morgan fingerprint density at radius 2 is 2.11 bits per heavy atom. The molecule has 0 radical (unpaired) electrons. The Bertz CT molecular complexity index is 510. The fourth-order valence-electron chi connectivity index (χ4n) is 3.54. The molecule has 2 fully saturated rings. The smallest absolute Gasteiger partial charge is 0.327 e. The molecule has 2 saturated carbocycles. The molecule has 18 heavy (non-hydrogen) atoms. The average Bonchev–Trinajstić information content (AvgIpc) is 2.82. The fraction of sp³-hybridized carbons (Fsp3) is 0.714. The van der Waals surface area contributed by atoms with Crippen LogP contribution in [-0.4, -0.2) is 22.4 Å². The third-order valence-electron chi connectivity index (χ3n) is 4.54. The van der Waals surface area contributed by atoms with E-state index in [1.807, 2.05) is 11.6 Å². The Balaban J connectivity index is 1.67. The summed E-state index contributed by atoms with van der Waals surface area (Å²) < 4.78 is 6.98. The van der Waals surface area contributed by atoms with Gasteiger partial charge in [-0.05, 0) is 38.5 Å². The number of hydrogen-bond donors (Lipinski definition) is 0. The summed E-state index contributed by atoms with van der Waals surface area (Å²) in [4.78, 5) is 11.6. The highest BCUT2D eigenvalue weighted by molar-refractivity contribution is 5.69. The van der Waals surface area contributed by atoms with Gasteiger partial charge in [0, 0.05) is 23.1 Å². The number of nitrogens with zero attached hydrogens (tertiary/aromatic N) is 2. The van der Waals surface area contributed by atoms with Crippen molar-refractivity contribution in [3.05, 3.63) is 17.0 Å².